The number of Topliss-reactive ketones (excluding diaryl/α,β-unsaturated/α-hetero) is 2. The van der Waals surface area contributed by atoms with Gasteiger partial charge in [-0.15, -0.1) is 0 Å². The second-order valence-electron chi connectivity index (χ2n) is 22.3. The highest BCUT2D eigenvalue weighted by Gasteiger charge is 2.44. The third-order valence-corrected chi connectivity index (χ3v) is 16.4. The molecule has 0 radical (unpaired) electrons. The zero-order valence-electron chi connectivity index (χ0n) is 48.5. The van der Waals surface area contributed by atoms with Gasteiger partial charge in [-0.2, -0.15) is 0 Å². The number of benzene rings is 4. The molecule has 1 fully saturated rings. The van der Waals surface area contributed by atoms with Gasteiger partial charge in [0.2, 0.25) is 17.6 Å². The Morgan fingerprint density at radius 1 is 0.705 bits per heavy atom. The fraction of sp³-hybridized carbons (Fsp3) is 0.540. The zero-order chi connectivity index (χ0) is 57.5. The van der Waals surface area contributed by atoms with Crippen molar-refractivity contribution < 1.29 is 47.8 Å². The minimum absolute atomic E-state index is 0.00672. The first-order valence-corrected chi connectivity index (χ1v) is 27.8. The second-order valence-corrected chi connectivity index (χ2v) is 22.3. The van der Waals surface area contributed by atoms with Crippen molar-refractivity contribution >= 4 is 35.2 Å². The molecule has 4 aromatic carbocycles. The number of nitro benzene ring substituents is 1. The number of likely N-dealkylation sites (N-methyl/N-ethyl adjacent to an activating group) is 2. The molecule has 5 rings (SSSR count). The van der Waals surface area contributed by atoms with Gasteiger partial charge in [-0.1, -0.05) is 142 Å². The highest BCUT2D eigenvalue weighted by molar-refractivity contribution is 5.92. The first-order valence-electron chi connectivity index (χ1n) is 27.8. The highest BCUT2D eigenvalue weighted by atomic mass is 16.6. The van der Waals surface area contributed by atoms with E-state index in [0.29, 0.717) is 37.1 Å². The number of ether oxygens (including phenoxy) is 4. The van der Waals surface area contributed by atoms with E-state index >= 15 is 0 Å². The van der Waals surface area contributed by atoms with Crippen molar-refractivity contribution in [1.82, 2.24) is 14.7 Å². The maximum absolute atomic E-state index is 14.9. The van der Waals surface area contributed by atoms with Crippen LogP contribution < -0.4 is 4.74 Å². The standard InChI is InChI=1S/C63H86N4O11/c1-15-41(6)60(57(75-13)38-58(70)66-34-22-27-53(66)61(76-14)44(9)54(68)35-42(7)43(8)46-23-18-16-19-24-46)64(11)62(71)51(39(2)3)37-55(69)59(40(4)5)65(12)63(72)77-45(10)49-30-33-52(67(73)74)56(36-49)78-50-31-28-48(29-32-50)47-25-20-17-21-26-47/h16-21,23-26,28-33,36,39-45,51,53,57,59-61H,15,22,27,34-35,37-38H2,1-14H3/t41-,42-,43+,44-,45?,51-,53-,57+,59-,60?,61+/m0/s1. The Labute approximate surface area is 463 Å². The molecule has 0 aliphatic carbocycles. The van der Waals surface area contributed by atoms with Gasteiger partial charge < -0.3 is 33.6 Å². The average molecular weight is 1080 g/mol. The molecule has 11 atom stereocenters. The summed E-state index contributed by atoms with van der Waals surface area (Å²) in [4.78, 5) is 88.0. The minimum Gasteiger partial charge on any atom is -0.450 e. The van der Waals surface area contributed by atoms with Crippen LogP contribution in [0.4, 0.5) is 10.5 Å². The minimum atomic E-state index is -0.961. The molecule has 3 amide bonds. The van der Waals surface area contributed by atoms with Crippen LogP contribution in [0.2, 0.25) is 0 Å². The molecule has 0 saturated carbocycles. The topological polar surface area (TPSA) is 175 Å². The molecule has 0 N–H and O–H groups in total. The molecular formula is C63H86N4O11. The summed E-state index contributed by atoms with van der Waals surface area (Å²) in [6, 6.07) is 29.6. The van der Waals surface area contributed by atoms with Crippen LogP contribution >= 0.6 is 0 Å². The number of hydrogen-bond acceptors (Lipinski definition) is 11. The van der Waals surface area contributed by atoms with Crippen LogP contribution in [0.25, 0.3) is 11.1 Å². The number of rotatable bonds is 28. The summed E-state index contributed by atoms with van der Waals surface area (Å²) in [5.41, 5.74) is 3.31. The smallest absolute Gasteiger partial charge is 0.410 e. The number of carbonyl (C=O) groups excluding carboxylic acids is 5. The quantitative estimate of drug-likeness (QED) is 0.0391. The molecule has 0 aromatic heterocycles. The molecule has 1 aliphatic heterocycles. The number of hydrogen-bond donors (Lipinski definition) is 0. The lowest BCUT2D eigenvalue weighted by molar-refractivity contribution is -0.385. The first kappa shape index (κ1) is 62.4. The number of methoxy groups -OCH3 is 2. The van der Waals surface area contributed by atoms with E-state index in [1.54, 1.807) is 45.2 Å². The summed E-state index contributed by atoms with van der Waals surface area (Å²) in [6.45, 7) is 19.8. The fourth-order valence-electron chi connectivity index (χ4n) is 11.3. The number of likely N-dealkylation sites (tertiary alicyclic amines) is 1. The van der Waals surface area contributed by atoms with Crippen LogP contribution in [0.3, 0.4) is 0 Å². The van der Waals surface area contributed by atoms with E-state index in [1.807, 2.05) is 114 Å². The molecule has 1 heterocycles. The lowest BCUT2D eigenvalue weighted by atomic mass is 9.81. The maximum Gasteiger partial charge on any atom is 0.410 e. The Hall–Kier alpha value is -6.45. The predicted molar refractivity (Wildman–Crippen MR) is 304 cm³/mol. The van der Waals surface area contributed by atoms with Crippen LogP contribution in [0.15, 0.2) is 103 Å². The highest BCUT2D eigenvalue weighted by Crippen LogP contribution is 2.37. The van der Waals surface area contributed by atoms with E-state index in [-0.39, 0.29) is 83.3 Å². The largest absolute Gasteiger partial charge is 0.450 e. The van der Waals surface area contributed by atoms with E-state index in [4.69, 9.17) is 18.9 Å². The number of nitro groups is 1. The Balaban J connectivity index is 1.26. The SMILES string of the molecule is CC[C@H](C)C([C@@H](CC(=O)N1CCC[C@H]1[C@H](OC)[C@@H](C)C(=O)C[C@H](C)[C@@H](C)c1ccccc1)OC)N(C)C(=O)[C@@H](CC(=O)[C@H](C(C)C)N(C)C(=O)OC(C)c1ccc([N+](=O)[O-])c(Oc2ccc(-c3ccccc3)cc2)c1)C(C)C. The Kier molecular flexibility index (Phi) is 23.2. The van der Waals surface area contributed by atoms with Gasteiger partial charge in [0, 0.05) is 65.6 Å². The number of nitrogens with zero attached hydrogens (tertiary/aromatic N) is 4. The van der Waals surface area contributed by atoms with Gasteiger partial charge in [0.1, 0.15) is 17.6 Å². The van der Waals surface area contributed by atoms with Gasteiger partial charge >= 0.3 is 11.8 Å². The van der Waals surface area contributed by atoms with Crippen LogP contribution in [-0.2, 0) is 33.4 Å². The van der Waals surface area contributed by atoms with E-state index in [9.17, 15) is 34.1 Å². The van der Waals surface area contributed by atoms with Crippen molar-refractivity contribution in [2.45, 2.75) is 150 Å². The Bertz CT molecular complexity index is 2610. The molecule has 15 nitrogen and oxygen atoms in total. The van der Waals surface area contributed by atoms with Crippen LogP contribution in [0.1, 0.15) is 131 Å². The monoisotopic (exact) mass is 1070 g/mol. The molecule has 2 unspecified atom stereocenters. The second kappa shape index (κ2) is 29.0. The molecule has 1 aliphatic rings. The molecular weight excluding hydrogens is 989 g/mol. The van der Waals surface area contributed by atoms with Crippen LogP contribution in [-0.4, -0.2) is 114 Å². The van der Waals surface area contributed by atoms with Gasteiger partial charge in [0.05, 0.1) is 41.7 Å². The average Bonchev–Trinajstić information content (AvgIpc) is 3.94. The van der Waals surface area contributed by atoms with Gasteiger partial charge in [-0.05, 0) is 95.9 Å². The van der Waals surface area contributed by atoms with Crippen LogP contribution in [0.5, 0.6) is 11.5 Å². The van der Waals surface area contributed by atoms with Crippen molar-refractivity contribution in [2.75, 3.05) is 34.9 Å². The predicted octanol–water partition coefficient (Wildman–Crippen LogP) is 12.8. The van der Waals surface area contributed by atoms with Crippen molar-refractivity contribution in [2.24, 2.45) is 35.5 Å². The third-order valence-electron chi connectivity index (χ3n) is 16.4. The normalized spacial score (nSPS) is 17.4. The van der Waals surface area contributed by atoms with Crippen molar-refractivity contribution in [3.63, 3.8) is 0 Å². The fourth-order valence-corrected chi connectivity index (χ4v) is 11.3. The van der Waals surface area contributed by atoms with Crippen LogP contribution in [0, 0.1) is 45.6 Å². The van der Waals surface area contributed by atoms with E-state index < -0.39 is 53.2 Å². The van der Waals surface area contributed by atoms with Gasteiger partial charge in [-0.3, -0.25) is 29.3 Å². The van der Waals surface area contributed by atoms with Gasteiger partial charge in [-0.25, -0.2) is 4.79 Å². The molecule has 0 bridgehead atoms. The summed E-state index contributed by atoms with van der Waals surface area (Å²) in [5.74, 6) is -1.95. The van der Waals surface area contributed by atoms with Crippen molar-refractivity contribution in [1.29, 1.82) is 0 Å². The summed E-state index contributed by atoms with van der Waals surface area (Å²) < 4.78 is 24.2. The maximum atomic E-state index is 14.9. The lowest BCUT2D eigenvalue weighted by Gasteiger charge is -2.41. The molecule has 424 valence electrons. The van der Waals surface area contributed by atoms with Gasteiger partial charge in [0.25, 0.3) is 0 Å². The molecule has 0 spiro atoms. The summed E-state index contributed by atoms with van der Waals surface area (Å²) >= 11 is 0. The summed E-state index contributed by atoms with van der Waals surface area (Å²) in [6.07, 6.45) is -0.525. The molecule has 78 heavy (non-hydrogen) atoms. The summed E-state index contributed by atoms with van der Waals surface area (Å²) in [7, 11) is 6.36. The van der Waals surface area contributed by atoms with Crippen molar-refractivity contribution in [3.05, 3.63) is 124 Å². The Morgan fingerprint density at radius 2 is 1.32 bits per heavy atom. The van der Waals surface area contributed by atoms with Crippen molar-refractivity contribution in [3.8, 4) is 22.6 Å². The first-order chi connectivity index (χ1) is 37.0. The zero-order valence-corrected chi connectivity index (χ0v) is 48.5. The molecule has 15 heteroatoms. The van der Waals surface area contributed by atoms with E-state index in [2.05, 4.69) is 26.0 Å². The Morgan fingerprint density at radius 3 is 1.88 bits per heavy atom. The number of amides is 3. The summed E-state index contributed by atoms with van der Waals surface area (Å²) in [5, 5.41) is 12.1. The number of ketones is 2. The van der Waals surface area contributed by atoms with Gasteiger partial charge in [0.15, 0.2) is 5.78 Å². The number of carbonyl (C=O) groups is 5. The molecule has 4 aromatic rings. The third kappa shape index (κ3) is 15.6. The lowest BCUT2D eigenvalue weighted by Crippen LogP contribution is -2.54. The molecule has 1 saturated heterocycles. The van der Waals surface area contributed by atoms with E-state index in [0.717, 1.165) is 17.5 Å². The van der Waals surface area contributed by atoms with E-state index in [1.165, 1.54) is 35.7 Å².